The Morgan fingerprint density at radius 1 is 1.57 bits per heavy atom. The monoisotopic (exact) mass is 254 g/mol. The maximum atomic E-state index is 4.48. The summed E-state index contributed by atoms with van der Waals surface area (Å²) in [7, 11) is 0. The van der Waals surface area contributed by atoms with E-state index in [2.05, 4.69) is 38.8 Å². The summed E-state index contributed by atoms with van der Waals surface area (Å²) in [4.78, 5) is 6.89. The third-order valence-electron chi connectivity index (χ3n) is 2.61. The summed E-state index contributed by atoms with van der Waals surface area (Å²) in [6, 6.07) is 4.89. The highest BCUT2D eigenvalue weighted by molar-refractivity contribution is 9.08. The second kappa shape index (κ2) is 4.30. The molecule has 1 saturated carbocycles. The smallest absolute Gasteiger partial charge is 0.132 e. The zero-order valence-electron chi connectivity index (χ0n) is 8.41. The van der Waals surface area contributed by atoms with Gasteiger partial charge in [0, 0.05) is 29.7 Å². The van der Waals surface area contributed by atoms with Gasteiger partial charge < -0.3 is 4.90 Å². The predicted molar refractivity (Wildman–Crippen MR) is 62.9 cm³/mol. The van der Waals surface area contributed by atoms with E-state index in [4.69, 9.17) is 0 Å². The Labute approximate surface area is 93.5 Å². The first kappa shape index (κ1) is 9.97. The van der Waals surface area contributed by atoms with Gasteiger partial charge in [0.05, 0.1) is 0 Å². The molecule has 2 rings (SSSR count). The molecule has 3 heteroatoms. The Bertz CT molecular complexity index is 310. The van der Waals surface area contributed by atoms with Gasteiger partial charge in [-0.25, -0.2) is 4.98 Å². The van der Waals surface area contributed by atoms with Crippen molar-refractivity contribution in [1.29, 1.82) is 0 Å². The van der Waals surface area contributed by atoms with Crippen molar-refractivity contribution in [3.63, 3.8) is 0 Å². The van der Waals surface area contributed by atoms with Gasteiger partial charge in [0.25, 0.3) is 0 Å². The Hall–Kier alpha value is -0.570. The van der Waals surface area contributed by atoms with E-state index in [1.807, 2.05) is 12.3 Å². The van der Waals surface area contributed by atoms with Crippen molar-refractivity contribution < 1.29 is 0 Å². The minimum atomic E-state index is 0.743. The number of alkyl halides is 1. The van der Waals surface area contributed by atoms with E-state index in [9.17, 15) is 0 Å². The Morgan fingerprint density at radius 3 is 2.93 bits per heavy atom. The molecule has 2 nitrogen and oxygen atoms in total. The fourth-order valence-electron chi connectivity index (χ4n) is 1.76. The number of halogens is 1. The summed E-state index contributed by atoms with van der Waals surface area (Å²) in [5.74, 6) is 1.16. The molecule has 1 aromatic heterocycles. The third kappa shape index (κ3) is 1.92. The Kier molecular flexibility index (Phi) is 3.06. The molecule has 0 unspecified atom stereocenters. The van der Waals surface area contributed by atoms with Gasteiger partial charge in [-0.2, -0.15) is 0 Å². The molecule has 0 amide bonds. The van der Waals surface area contributed by atoms with Crippen LogP contribution in [0.2, 0.25) is 0 Å². The highest BCUT2D eigenvalue weighted by atomic mass is 79.9. The quantitative estimate of drug-likeness (QED) is 0.769. The van der Waals surface area contributed by atoms with Gasteiger partial charge in [0.2, 0.25) is 0 Å². The number of aromatic nitrogens is 1. The van der Waals surface area contributed by atoms with Crippen molar-refractivity contribution in [2.45, 2.75) is 31.1 Å². The van der Waals surface area contributed by atoms with E-state index < -0.39 is 0 Å². The number of rotatable bonds is 4. The maximum Gasteiger partial charge on any atom is 0.132 e. The summed E-state index contributed by atoms with van der Waals surface area (Å²) in [6.45, 7) is 3.26. The first-order chi connectivity index (χ1) is 6.86. The molecule has 0 radical (unpaired) electrons. The SMILES string of the molecule is CCN(c1ncccc1CBr)C1CC1. The molecule has 0 spiro atoms. The topological polar surface area (TPSA) is 16.1 Å². The molecule has 0 aliphatic heterocycles. The van der Waals surface area contributed by atoms with Crippen LogP contribution < -0.4 is 4.90 Å². The molecule has 0 N–H and O–H groups in total. The maximum absolute atomic E-state index is 4.48. The lowest BCUT2D eigenvalue weighted by molar-refractivity contribution is 0.803. The van der Waals surface area contributed by atoms with E-state index in [-0.39, 0.29) is 0 Å². The number of pyridine rings is 1. The van der Waals surface area contributed by atoms with Crippen LogP contribution in [0.5, 0.6) is 0 Å². The van der Waals surface area contributed by atoms with Crippen LogP contribution in [0.3, 0.4) is 0 Å². The van der Waals surface area contributed by atoms with Crippen molar-refractivity contribution in [1.82, 2.24) is 4.98 Å². The third-order valence-corrected chi connectivity index (χ3v) is 3.22. The fraction of sp³-hybridized carbons (Fsp3) is 0.545. The standard InChI is InChI=1S/C11H15BrN2/c1-2-14(10-5-6-10)11-9(8-12)4-3-7-13-11/h3-4,7,10H,2,5-6,8H2,1H3. The van der Waals surface area contributed by atoms with Gasteiger partial charge in [-0.05, 0) is 25.8 Å². The molecule has 14 heavy (non-hydrogen) atoms. The normalized spacial score (nSPS) is 15.6. The summed E-state index contributed by atoms with van der Waals surface area (Å²) >= 11 is 3.51. The summed E-state index contributed by atoms with van der Waals surface area (Å²) < 4.78 is 0. The van der Waals surface area contributed by atoms with Crippen molar-refractivity contribution >= 4 is 21.7 Å². The van der Waals surface area contributed by atoms with Crippen molar-refractivity contribution in [2.75, 3.05) is 11.4 Å². The van der Waals surface area contributed by atoms with E-state index in [1.165, 1.54) is 18.4 Å². The van der Waals surface area contributed by atoms with Gasteiger partial charge in [-0.1, -0.05) is 22.0 Å². The minimum absolute atomic E-state index is 0.743. The summed E-state index contributed by atoms with van der Waals surface area (Å²) in [5.41, 5.74) is 1.29. The van der Waals surface area contributed by atoms with Crippen LogP contribution in [-0.4, -0.2) is 17.6 Å². The van der Waals surface area contributed by atoms with E-state index in [0.717, 1.165) is 23.7 Å². The first-order valence-electron chi connectivity index (χ1n) is 5.13. The number of hydrogen-bond acceptors (Lipinski definition) is 2. The van der Waals surface area contributed by atoms with E-state index in [1.54, 1.807) is 0 Å². The molecule has 1 heterocycles. The van der Waals surface area contributed by atoms with Crippen molar-refractivity contribution in [3.8, 4) is 0 Å². The summed E-state index contributed by atoms with van der Waals surface area (Å²) in [6.07, 6.45) is 4.53. The number of nitrogens with zero attached hydrogens (tertiary/aromatic N) is 2. The molecular formula is C11H15BrN2. The lowest BCUT2D eigenvalue weighted by Crippen LogP contribution is -2.26. The Morgan fingerprint density at radius 2 is 2.36 bits per heavy atom. The predicted octanol–water partition coefficient (Wildman–Crippen LogP) is 2.97. The molecule has 0 saturated heterocycles. The lowest BCUT2D eigenvalue weighted by atomic mass is 10.2. The van der Waals surface area contributed by atoms with Gasteiger partial charge in [-0.3, -0.25) is 0 Å². The molecule has 1 fully saturated rings. The minimum Gasteiger partial charge on any atom is -0.354 e. The molecule has 76 valence electrons. The van der Waals surface area contributed by atoms with Crippen molar-refractivity contribution in [2.24, 2.45) is 0 Å². The van der Waals surface area contributed by atoms with Crippen LogP contribution in [0.1, 0.15) is 25.3 Å². The largest absolute Gasteiger partial charge is 0.354 e. The van der Waals surface area contributed by atoms with Crippen molar-refractivity contribution in [3.05, 3.63) is 23.9 Å². The number of hydrogen-bond donors (Lipinski definition) is 0. The van der Waals surface area contributed by atoms with E-state index >= 15 is 0 Å². The van der Waals surface area contributed by atoms with E-state index in [0.29, 0.717) is 0 Å². The van der Waals surface area contributed by atoms with Gasteiger partial charge in [-0.15, -0.1) is 0 Å². The zero-order chi connectivity index (χ0) is 9.97. The molecular weight excluding hydrogens is 240 g/mol. The average Bonchev–Trinajstić information content (AvgIpc) is 3.04. The van der Waals surface area contributed by atoms with Crippen LogP contribution in [0.4, 0.5) is 5.82 Å². The molecule has 0 atom stereocenters. The Balaban J connectivity index is 2.27. The summed E-state index contributed by atoms with van der Waals surface area (Å²) in [5, 5.41) is 0.888. The number of anilines is 1. The zero-order valence-corrected chi connectivity index (χ0v) is 10.00. The van der Waals surface area contributed by atoms with Gasteiger partial charge in [0.15, 0.2) is 0 Å². The molecule has 0 bridgehead atoms. The average molecular weight is 255 g/mol. The second-order valence-electron chi connectivity index (χ2n) is 3.64. The lowest BCUT2D eigenvalue weighted by Gasteiger charge is -2.23. The highest BCUT2D eigenvalue weighted by Crippen LogP contribution is 2.32. The molecule has 1 aliphatic rings. The van der Waals surface area contributed by atoms with Crippen LogP contribution in [-0.2, 0) is 5.33 Å². The fourth-order valence-corrected chi connectivity index (χ4v) is 2.20. The van der Waals surface area contributed by atoms with Gasteiger partial charge in [0.1, 0.15) is 5.82 Å². The van der Waals surface area contributed by atoms with Crippen LogP contribution >= 0.6 is 15.9 Å². The molecule has 0 aromatic carbocycles. The molecule has 1 aromatic rings. The molecule has 1 aliphatic carbocycles. The highest BCUT2D eigenvalue weighted by Gasteiger charge is 2.29. The van der Waals surface area contributed by atoms with Gasteiger partial charge >= 0.3 is 0 Å². The van der Waals surface area contributed by atoms with Crippen LogP contribution in [0.15, 0.2) is 18.3 Å². The van der Waals surface area contributed by atoms with Crippen LogP contribution in [0, 0.1) is 0 Å². The van der Waals surface area contributed by atoms with Crippen LogP contribution in [0.25, 0.3) is 0 Å². The first-order valence-corrected chi connectivity index (χ1v) is 6.25. The second-order valence-corrected chi connectivity index (χ2v) is 4.20.